The Labute approximate surface area is 106 Å². The lowest BCUT2D eigenvalue weighted by Gasteiger charge is -2.08. The van der Waals surface area contributed by atoms with Crippen LogP contribution >= 0.6 is 0 Å². The Hall–Kier alpha value is -2.31. The highest BCUT2D eigenvalue weighted by molar-refractivity contribution is 5.39. The topological polar surface area (TPSA) is 59.0 Å². The second-order valence-electron chi connectivity index (χ2n) is 4.10. The lowest BCUT2D eigenvalue weighted by atomic mass is 10.1. The van der Waals surface area contributed by atoms with Gasteiger partial charge in [0, 0.05) is 6.04 Å². The van der Waals surface area contributed by atoms with Crippen LogP contribution in [0.25, 0.3) is 0 Å². The normalized spacial score (nSPS) is 11.6. The Bertz CT molecular complexity index is 568. The van der Waals surface area contributed by atoms with Gasteiger partial charge in [-0.05, 0) is 42.8 Å². The molecule has 3 heteroatoms. The van der Waals surface area contributed by atoms with E-state index in [2.05, 4.69) is 6.07 Å². The molecule has 0 aliphatic carbocycles. The summed E-state index contributed by atoms with van der Waals surface area (Å²) < 4.78 is 5.66. The van der Waals surface area contributed by atoms with Crippen LogP contribution in [0, 0.1) is 11.3 Å². The molecule has 2 aromatic carbocycles. The van der Waals surface area contributed by atoms with Gasteiger partial charge in [0.2, 0.25) is 0 Å². The van der Waals surface area contributed by atoms with E-state index in [9.17, 15) is 0 Å². The fraction of sp³-hybridized carbons (Fsp3) is 0.133. The van der Waals surface area contributed by atoms with Gasteiger partial charge < -0.3 is 10.5 Å². The van der Waals surface area contributed by atoms with Gasteiger partial charge in [-0.1, -0.05) is 18.2 Å². The molecule has 0 aliphatic rings. The molecule has 0 radical (unpaired) electrons. The number of nitrogens with zero attached hydrogens (tertiary/aromatic N) is 1. The Morgan fingerprint density at radius 1 is 1.11 bits per heavy atom. The zero-order valence-electron chi connectivity index (χ0n) is 10.1. The molecular weight excluding hydrogens is 224 g/mol. The maximum Gasteiger partial charge on any atom is 0.128 e. The molecule has 0 amide bonds. The highest BCUT2D eigenvalue weighted by Gasteiger charge is 2.01. The molecule has 18 heavy (non-hydrogen) atoms. The molecule has 2 rings (SSSR count). The van der Waals surface area contributed by atoms with Crippen LogP contribution in [0.4, 0.5) is 0 Å². The van der Waals surface area contributed by atoms with Crippen LogP contribution in [0.5, 0.6) is 11.5 Å². The van der Waals surface area contributed by atoms with Gasteiger partial charge in [0.1, 0.15) is 11.5 Å². The maximum atomic E-state index is 8.81. The molecule has 90 valence electrons. The van der Waals surface area contributed by atoms with Crippen molar-refractivity contribution in [1.29, 1.82) is 5.26 Å². The fourth-order valence-corrected chi connectivity index (χ4v) is 1.60. The van der Waals surface area contributed by atoms with Crippen molar-refractivity contribution in [3.8, 4) is 17.6 Å². The molecule has 2 aromatic rings. The number of hydrogen-bond acceptors (Lipinski definition) is 3. The van der Waals surface area contributed by atoms with Crippen molar-refractivity contribution in [2.45, 2.75) is 13.0 Å². The molecule has 0 saturated heterocycles. The number of nitrogens with two attached hydrogens (primary N) is 1. The minimum absolute atomic E-state index is 0.0148. The number of rotatable bonds is 3. The summed E-state index contributed by atoms with van der Waals surface area (Å²) in [5, 5.41) is 8.81. The summed E-state index contributed by atoms with van der Waals surface area (Å²) >= 11 is 0. The van der Waals surface area contributed by atoms with E-state index in [1.807, 2.05) is 37.3 Å². The van der Waals surface area contributed by atoms with Crippen LogP contribution in [-0.4, -0.2) is 0 Å². The summed E-state index contributed by atoms with van der Waals surface area (Å²) in [5.74, 6) is 1.39. The first kappa shape index (κ1) is 12.2. The van der Waals surface area contributed by atoms with Gasteiger partial charge >= 0.3 is 0 Å². The molecule has 0 fully saturated rings. The molecule has 2 N–H and O–H groups in total. The van der Waals surface area contributed by atoms with Gasteiger partial charge in [-0.3, -0.25) is 0 Å². The van der Waals surface area contributed by atoms with E-state index in [0.717, 1.165) is 11.3 Å². The first-order chi connectivity index (χ1) is 8.69. The van der Waals surface area contributed by atoms with Crippen LogP contribution in [0.3, 0.4) is 0 Å². The lowest BCUT2D eigenvalue weighted by Crippen LogP contribution is -2.04. The molecule has 0 unspecified atom stereocenters. The predicted octanol–water partition coefficient (Wildman–Crippen LogP) is 3.37. The zero-order chi connectivity index (χ0) is 13.0. The van der Waals surface area contributed by atoms with Crippen LogP contribution in [0.2, 0.25) is 0 Å². The van der Waals surface area contributed by atoms with Crippen molar-refractivity contribution < 1.29 is 4.74 Å². The Morgan fingerprint density at radius 2 is 1.83 bits per heavy atom. The van der Waals surface area contributed by atoms with E-state index in [4.69, 9.17) is 15.7 Å². The van der Waals surface area contributed by atoms with Gasteiger partial charge in [0.15, 0.2) is 0 Å². The molecule has 0 spiro atoms. The molecule has 0 bridgehead atoms. The monoisotopic (exact) mass is 238 g/mol. The first-order valence-corrected chi connectivity index (χ1v) is 5.72. The largest absolute Gasteiger partial charge is 0.457 e. The lowest BCUT2D eigenvalue weighted by molar-refractivity contribution is 0.482. The average Bonchev–Trinajstić information content (AvgIpc) is 2.39. The van der Waals surface area contributed by atoms with Crippen LogP contribution in [0.15, 0.2) is 48.5 Å². The zero-order valence-corrected chi connectivity index (χ0v) is 10.1. The van der Waals surface area contributed by atoms with Crippen molar-refractivity contribution in [2.24, 2.45) is 5.73 Å². The second kappa shape index (κ2) is 5.35. The Kier molecular flexibility index (Phi) is 3.61. The highest BCUT2D eigenvalue weighted by atomic mass is 16.5. The SMILES string of the molecule is C[C@@H](N)c1ccc(Oc2cccc(C#N)c2)cc1. The molecule has 3 nitrogen and oxygen atoms in total. The van der Waals surface area contributed by atoms with E-state index in [0.29, 0.717) is 11.3 Å². The van der Waals surface area contributed by atoms with Crippen LogP contribution in [-0.2, 0) is 0 Å². The second-order valence-corrected chi connectivity index (χ2v) is 4.10. The number of hydrogen-bond donors (Lipinski definition) is 1. The summed E-state index contributed by atoms with van der Waals surface area (Å²) in [7, 11) is 0. The van der Waals surface area contributed by atoms with Crippen molar-refractivity contribution in [2.75, 3.05) is 0 Å². The van der Waals surface area contributed by atoms with Crippen molar-refractivity contribution in [3.05, 3.63) is 59.7 Å². The van der Waals surface area contributed by atoms with Gasteiger partial charge in [-0.2, -0.15) is 5.26 Å². The van der Waals surface area contributed by atoms with Crippen molar-refractivity contribution in [1.82, 2.24) is 0 Å². The predicted molar refractivity (Wildman–Crippen MR) is 70.3 cm³/mol. The number of ether oxygens (including phenoxy) is 1. The molecule has 0 aliphatic heterocycles. The van der Waals surface area contributed by atoms with Gasteiger partial charge in [0.05, 0.1) is 11.6 Å². The Morgan fingerprint density at radius 3 is 2.44 bits per heavy atom. The number of nitriles is 1. The minimum Gasteiger partial charge on any atom is -0.457 e. The molecular formula is C15H14N2O. The summed E-state index contributed by atoms with van der Waals surface area (Å²) in [4.78, 5) is 0. The van der Waals surface area contributed by atoms with Gasteiger partial charge in [-0.25, -0.2) is 0 Å². The quantitative estimate of drug-likeness (QED) is 0.891. The van der Waals surface area contributed by atoms with Crippen molar-refractivity contribution >= 4 is 0 Å². The molecule has 1 atom stereocenters. The van der Waals surface area contributed by atoms with Crippen LogP contribution < -0.4 is 10.5 Å². The molecule has 0 heterocycles. The third-order valence-electron chi connectivity index (χ3n) is 2.60. The highest BCUT2D eigenvalue weighted by Crippen LogP contribution is 2.23. The fourth-order valence-electron chi connectivity index (χ4n) is 1.60. The summed E-state index contributed by atoms with van der Waals surface area (Å²) in [6, 6.07) is 16.8. The average molecular weight is 238 g/mol. The van der Waals surface area contributed by atoms with E-state index >= 15 is 0 Å². The Balaban J connectivity index is 2.16. The standard InChI is InChI=1S/C15H14N2O/c1-11(17)13-5-7-14(8-6-13)18-15-4-2-3-12(9-15)10-16/h2-9,11H,17H2,1H3/t11-/m1/s1. The van der Waals surface area contributed by atoms with Crippen molar-refractivity contribution in [3.63, 3.8) is 0 Å². The first-order valence-electron chi connectivity index (χ1n) is 5.72. The van der Waals surface area contributed by atoms with Crippen LogP contribution in [0.1, 0.15) is 24.1 Å². The smallest absolute Gasteiger partial charge is 0.128 e. The third-order valence-corrected chi connectivity index (χ3v) is 2.60. The molecule has 0 aromatic heterocycles. The maximum absolute atomic E-state index is 8.81. The van der Waals surface area contributed by atoms with Gasteiger partial charge in [0.25, 0.3) is 0 Å². The molecule has 0 saturated carbocycles. The third kappa shape index (κ3) is 2.88. The number of benzene rings is 2. The summed E-state index contributed by atoms with van der Waals surface area (Å²) in [5.41, 5.74) is 7.42. The van der Waals surface area contributed by atoms with E-state index in [-0.39, 0.29) is 6.04 Å². The summed E-state index contributed by atoms with van der Waals surface area (Å²) in [6.07, 6.45) is 0. The van der Waals surface area contributed by atoms with E-state index in [1.54, 1.807) is 18.2 Å². The minimum atomic E-state index is 0.0148. The van der Waals surface area contributed by atoms with E-state index in [1.165, 1.54) is 0 Å². The van der Waals surface area contributed by atoms with E-state index < -0.39 is 0 Å². The summed E-state index contributed by atoms with van der Waals surface area (Å²) in [6.45, 7) is 1.94. The van der Waals surface area contributed by atoms with Gasteiger partial charge in [-0.15, -0.1) is 0 Å².